The van der Waals surface area contributed by atoms with Crippen molar-refractivity contribution in [1.82, 2.24) is 4.90 Å². The normalized spacial score (nSPS) is 23.3. The van der Waals surface area contributed by atoms with E-state index >= 15 is 0 Å². The quantitative estimate of drug-likeness (QED) is 0.787. The van der Waals surface area contributed by atoms with Gasteiger partial charge in [0.2, 0.25) is 0 Å². The molecule has 0 aliphatic carbocycles. The van der Waals surface area contributed by atoms with Gasteiger partial charge in [-0.15, -0.1) is 0 Å². The van der Waals surface area contributed by atoms with E-state index in [9.17, 15) is 5.11 Å². The second-order valence-electron chi connectivity index (χ2n) is 8.47. The van der Waals surface area contributed by atoms with Gasteiger partial charge in [-0.25, -0.2) is 0 Å². The van der Waals surface area contributed by atoms with E-state index in [4.69, 9.17) is 14.0 Å². The van der Waals surface area contributed by atoms with E-state index < -0.39 is 0 Å². The minimum Gasteiger partial charge on any atom is -0.492 e. The molecule has 0 saturated carbocycles. The molecule has 0 bridgehead atoms. The Morgan fingerprint density at radius 3 is 2.19 bits per heavy atom. The average molecular weight is 361 g/mol. The van der Waals surface area contributed by atoms with Gasteiger partial charge < -0.3 is 19.2 Å². The predicted octanol–water partition coefficient (Wildman–Crippen LogP) is 2.07. The van der Waals surface area contributed by atoms with Crippen LogP contribution in [0.2, 0.25) is 0 Å². The molecular weight excluding hydrogens is 329 g/mol. The monoisotopic (exact) mass is 361 g/mol. The second kappa shape index (κ2) is 7.89. The lowest BCUT2D eigenvalue weighted by Crippen LogP contribution is -2.41. The third-order valence-electron chi connectivity index (χ3n) is 6.05. The number of likely N-dealkylation sites (tertiary alicyclic amines) is 1. The highest BCUT2D eigenvalue weighted by molar-refractivity contribution is 6.62. The topological polar surface area (TPSA) is 51.2 Å². The zero-order chi connectivity index (χ0) is 18.8. The Balaban J connectivity index is 1.45. The minimum atomic E-state index is -0.332. The maximum Gasteiger partial charge on any atom is 0.494 e. The Bertz CT molecular complexity index is 566. The molecule has 6 heteroatoms. The number of hydrogen-bond acceptors (Lipinski definition) is 5. The zero-order valence-corrected chi connectivity index (χ0v) is 16.5. The molecule has 1 N–H and O–H groups in total. The number of aliphatic hydroxyl groups is 1. The summed E-state index contributed by atoms with van der Waals surface area (Å²) in [5, 5.41) is 9.20. The summed E-state index contributed by atoms with van der Waals surface area (Å²) < 4.78 is 18.1. The first-order valence-corrected chi connectivity index (χ1v) is 9.72. The molecule has 0 unspecified atom stereocenters. The Morgan fingerprint density at radius 1 is 1.08 bits per heavy atom. The van der Waals surface area contributed by atoms with Crippen molar-refractivity contribution in [2.24, 2.45) is 5.92 Å². The molecule has 0 amide bonds. The number of benzene rings is 1. The maximum atomic E-state index is 9.20. The van der Waals surface area contributed by atoms with Gasteiger partial charge in [0.15, 0.2) is 0 Å². The summed E-state index contributed by atoms with van der Waals surface area (Å²) in [7, 11) is -0.332. The number of ether oxygens (including phenoxy) is 1. The first-order chi connectivity index (χ1) is 12.3. The lowest BCUT2D eigenvalue weighted by molar-refractivity contribution is 0.00578. The van der Waals surface area contributed by atoms with Crippen LogP contribution in [0.3, 0.4) is 0 Å². The van der Waals surface area contributed by atoms with Gasteiger partial charge >= 0.3 is 7.12 Å². The maximum absolute atomic E-state index is 9.20. The van der Waals surface area contributed by atoms with Crippen LogP contribution < -0.4 is 10.2 Å². The van der Waals surface area contributed by atoms with Crippen molar-refractivity contribution in [2.75, 3.05) is 32.8 Å². The summed E-state index contributed by atoms with van der Waals surface area (Å²) in [6.07, 6.45) is 2.17. The molecule has 0 atom stereocenters. The van der Waals surface area contributed by atoms with Crippen LogP contribution in [0.15, 0.2) is 24.3 Å². The third kappa shape index (κ3) is 4.42. The molecule has 2 heterocycles. The average Bonchev–Trinajstić information content (AvgIpc) is 2.84. The molecule has 1 aromatic carbocycles. The molecule has 2 aliphatic heterocycles. The first kappa shape index (κ1) is 19.7. The molecule has 2 saturated heterocycles. The highest BCUT2D eigenvalue weighted by atomic mass is 16.7. The van der Waals surface area contributed by atoms with Crippen molar-refractivity contribution in [1.29, 1.82) is 0 Å². The van der Waals surface area contributed by atoms with Crippen LogP contribution in [-0.4, -0.2) is 61.2 Å². The van der Waals surface area contributed by atoms with Gasteiger partial charge in [0.1, 0.15) is 12.4 Å². The van der Waals surface area contributed by atoms with Crippen LogP contribution in [0.25, 0.3) is 0 Å². The van der Waals surface area contributed by atoms with E-state index in [1.54, 1.807) is 0 Å². The van der Waals surface area contributed by atoms with Crippen molar-refractivity contribution in [3.8, 4) is 5.75 Å². The van der Waals surface area contributed by atoms with Crippen LogP contribution in [0.4, 0.5) is 0 Å². The highest BCUT2D eigenvalue weighted by Gasteiger charge is 2.51. The van der Waals surface area contributed by atoms with E-state index in [0.717, 1.165) is 43.7 Å². The number of piperidine rings is 1. The van der Waals surface area contributed by atoms with Crippen LogP contribution in [0.1, 0.15) is 40.5 Å². The van der Waals surface area contributed by atoms with E-state index in [-0.39, 0.29) is 18.3 Å². The van der Waals surface area contributed by atoms with E-state index in [0.29, 0.717) is 19.1 Å². The van der Waals surface area contributed by atoms with Crippen molar-refractivity contribution < 1.29 is 19.2 Å². The molecule has 5 nitrogen and oxygen atoms in total. The fourth-order valence-electron chi connectivity index (χ4n) is 3.39. The summed E-state index contributed by atoms with van der Waals surface area (Å²) >= 11 is 0. The van der Waals surface area contributed by atoms with Crippen molar-refractivity contribution in [3.63, 3.8) is 0 Å². The largest absolute Gasteiger partial charge is 0.494 e. The van der Waals surface area contributed by atoms with Crippen molar-refractivity contribution in [3.05, 3.63) is 24.3 Å². The summed E-state index contributed by atoms with van der Waals surface area (Å²) in [4.78, 5) is 2.41. The fraction of sp³-hybridized carbons (Fsp3) is 0.700. The first-order valence-electron chi connectivity index (χ1n) is 9.72. The van der Waals surface area contributed by atoms with Gasteiger partial charge in [-0.1, -0.05) is 12.1 Å². The summed E-state index contributed by atoms with van der Waals surface area (Å²) in [5.74, 6) is 1.35. The van der Waals surface area contributed by atoms with Crippen LogP contribution in [0.5, 0.6) is 5.75 Å². The van der Waals surface area contributed by atoms with E-state index in [2.05, 4.69) is 32.6 Å². The second-order valence-corrected chi connectivity index (χ2v) is 8.47. The van der Waals surface area contributed by atoms with Crippen LogP contribution >= 0.6 is 0 Å². The highest BCUT2D eigenvalue weighted by Crippen LogP contribution is 2.36. The summed E-state index contributed by atoms with van der Waals surface area (Å²) in [6, 6.07) is 8.01. The molecule has 26 heavy (non-hydrogen) atoms. The molecule has 2 aliphatic rings. The molecule has 1 aromatic rings. The minimum absolute atomic E-state index is 0.319. The van der Waals surface area contributed by atoms with Gasteiger partial charge in [0.05, 0.1) is 11.2 Å². The Labute approximate surface area is 157 Å². The number of rotatable bonds is 6. The lowest BCUT2D eigenvalue weighted by Gasteiger charge is -2.32. The molecule has 144 valence electrons. The van der Waals surface area contributed by atoms with Crippen LogP contribution in [-0.2, 0) is 9.31 Å². The molecule has 2 fully saturated rings. The van der Waals surface area contributed by atoms with E-state index in [1.165, 1.54) is 0 Å². The van der Waals surface area contributed by atoms with Gasteiger partial charge in [-0.2, -0.15) is 0 Å². The molecular formula is C20H32BNO4. The number of nitrogens with zero attached hydrogens (tertiary/aromatic N) is 1. The fourth-order valence-corrected chi connectivity index (χ4v) is 3.39. The standard InChI is InChI=1S/C20H32BNO4/c1-19(2)20(3,4)26-21(25-19)17-5-7-18(8-6-17)24-14-13-22-11-9-16(15-23)10-12-22/h5-8,16,23H,9-15H2,1-4H3. The molecule has 0 radical (unpaired) electrons. The van der Waals surface area contributed by atoms with Gasteiger partial charge in [-0.3, -0.25) is 4.90 Å². The lowest BCUT2D eigenvalue weighted by atomic mass is 9.79. The Morgan fingerprint density at radius 2 is 1.65 bits per heavy atom. The smallest absolute Gasteiger partial charge is 0.492 e. The molecule has 0 spiro atoms. The van der Waals surface area contributed by atoms with Crippen LogP contribution in [0, 0.1) is 5.92 Å². The Kier molecular flexibility index (Phi) is 5.97. The SMILES string of the molecule is CC1(C)OB(c2ccc(OCCN3CCC(CO)CC3)cc2)OC1(C)C. The van der Waals surface area contributed by atoms with E-state index in [1.807, 2.05) is 24.3 Å². The third-order valence-corrected chi connectivity index (χ3v) is 6.05. The van der Waals surface area contributed by atoms with Crippen molar-refractivity contribution >= 4 is 12.6 Å². The summed E-state index contributed by atoms with van der Waals surface area (Å²) in [6.45, 7) is 12.3. The van der Waals surface area contributed by atoms with Crippen molar-refractivity contribution in [2.45, 2.75) is 51.7 Å². The molecule has 0 aromatic heterocycles. The van der Waals surface area contributed by atoms with Gasteiger partial charge in [0, 0.05) is 13.2 Å². The Hall–Kier alpha value is -1.08. The number of aliphatic hydroxyl groups excluding tert-OH is 1. The number of hydrogen-bond donors (Lipinski definition) is 1. The molecule has 3 rings (SSSR count). The summed E-state index contributed by atoms with van der Waals surface area (Å²) in [5.41, 5.74) is 0.370. The van der Waals surface area contributed by atoms with Gasteiger partial charge in [-0.05, 0) is 77.1 Å². The zero-order valence-electron chi connectivity index (χ0n) is 16.5. The predicted molar refractivity (Wildman–Crippen MR) is 104 cm³/mol. The van der Waals surface area contributed by atoms with Gasteiger partial charge in [0.25, 0.3) is 0 Å².